The molecule has 0 bridgehead atoms. The van der Waals surface area contributed by atoms with Crippen LogP contribution >= 0.6 is 23.2 Å². The molecular weight excluding hydrogens is 195 g/mol. The van der Waals surface area contributed by atoms with Gasteiger partial charge in [-0.05, 0) is 6.42 Å². The molecule has 0 radical (unpaired) electrons. The Hall–Kier alpha value is -0.270. The standard InChI is InChI=1S/C9H8Cl2O/c10-9(11)7-5-3-1-2-4-6(7)8(9)12/h1-3,5-7H,4H2. The number of ketones is 1. The summed E-state index contributed by atoms with van der Waals surface area (Å²) in [5.41, 5.74) is 0. The largest absolute Gasteiger partial charge is 0.296 e. The maximum atomic E-state index is 11.3. The molecule has 0 aromatic carbocycles. The van der Waals surface area contributed by atoms with Crippen LogP contribution in [-0.2, 0) is 4.79 Å². The van der Waals surface area contributed by atoms with E-state index < -0.39 is 4.33 Å². The quantitative estimate of drug-likeness (QED) is 0.552. The van der Waals surface area contributed by atoms with Crippen molar-refractivity contribution >= 4 is 29.0 Å². The van der Waals surface area contributed by atoms with Crippen molar-refractivity contribution in [1.29, 1.82) is 0 Å². The van der Waals surface area contributed by atoms with Gasteiger partial charge in [-0.3, -0.25) is 4.79 Å². The molecular formula is C9H8Cl2O. The molecule has 0 aromatic rings. The molecule has 2 unspecified atom stereocenters. The molecule has 0 heterocycles. The summed E-state index contributed by atoms with van der Waals surface area (Å²) in [4.78, 5) is 11.3. The lowest BCUT2D eigenvalue weighted by atomic mass is 9.70. The van der Waals surface area contributed by atoms with E-state index in [0.29, 0.717) is 0 Å². The Bertz CT molecular complexity index is 278. The van der Waals surface area contributed by atoms with Crippen LogP contribution in [0, 0.1) is 11.8 Å². The zero-order valence-electron chi connectivity index (χ0n) is 6.34. The van der Waals surface area contributed by atoms with Crippen LogP contribution in [0.4, 0.5) is 0 Å². The van der Waals surface area contributed by atoms with Gasteiger partial charge in [0.15, 0.2) is 10.1 Å². The van der Waals surface area contributed by atoms with Crippen LogP contribution in [0.15, 0.2) is 24.3 Å². The zero-order valence-corrected chi connectivity index (χ0v) is 7.85. The number of allylic oxidation sites excluding steroid dienone is 4. The SMILES string of the molecule is O=C1C2CC=CC=CC2C1(Cl)Cl. The van der Waals surface area contributed by atoms with E-state index in [4.69, 9.17) is 23.2 Å². The number of Topliss-reactive ketones (excluding diaryl/α,β-unsaturated/α-hetero) is 1. The maximum absolute atomic E-state index is 11.3. The first-order valence-corrected chi connectivity index (χ1v) is 4.65. The fourth-order valence-electron chi connectivity index (χ4n) is 1.73. The number of alkyl halides is 2. The number of hydrogen-bond donors (Lipinski definition) is 0. The second kappa shape index (κ2) is 2.61. The highest BCUT2D eigenvalue weighted by Gasteiger charge is 2.58. The first kappa shape index (κ1) is 8.33. The number of carbonyl (C=O) groups is 1. The summed E-state index contributed by atoms with van der Waals surface area (Å²) in [7, 11) is 0. The lowest BCUT2D eigenvalue weighted by molar-refractivity contribution is -0.133. The molecule has 64 valence electrons. The van der Waals surface area contributed by atoms with E-state index in [0.717, 1.165) is 6.42 Å². The summed E-state index contributed by atoms with van der Waals surface area (Å²) in [5.74, 6) is -0.0228. The first-order chi connectivity index (χ1) is 5.64. The molecule has 0 N–H and O–H groups in total. The molecule has 0 aromatic heterocycles. The van der Waals surface area contributed by atoms with Crippen molar-refractivity contribution < 1.29 is 4.79 Å². The van der Waals surface area contributed by atoms with Gasteiger partial charge in [-0.1, -0.05) is 47.5 Å². The minimum absolute atomic E-state index is 0.00309. The van der Waals surface area contributed by atoms with Gasteiger partial charge < -0.3 is 0 Å². The van der Waals surface area contributed by atoms with Gasteiger partial charge >= 0.3 is 0 Å². The Balaban J connectivity index is 2.27. The van der Waals surface area contributed by atoms with Crippen LogP contribution < -0.4 is 0 Å². The molecule has 2 atom stereocenters. The van der Waals surface area contributed by atoms with Gasteiger partial charge in [0.1, 0.15) is 0 Å². The molecule has 0 amide bonds. The fraction of sp³-hybridized carbons (Fsp3) is 0.444. The highest BCUT2D eigenvalue weighted by Crippen LogP contribution is 2.51. The van der Waals surface area contributed by atoms with Crippen molar-refractivity contribution in [3.63, 3.8) is 0 Å². The minimum atomic E-state index is -1.16. The third-order valence-corrected chi connectivity index (χ3v) is 3.35. The van der Waals surface area contributed by atoms with E-state index in [1.54, 1.807) is 0 Å². The molecule has 0 aliphatic heterocycles. The van der Waals surface area contributed by atoms with Crippen LogP contribution in [0.2, 0.25) is 0 Å². The maximum Gasteiger partial charge on any atom is 0.183 e. The van der Waals surface area contributed by atoms with E-state index in [1.165, 1.54) is 0 Å². The van der Waals surface area contributed by atoms with E-state index in [2.05, 4.69) is 0 Å². The Kier molecular flexibility index (Phi) is 1.81. The molecule has 1 fully saturated rings. The monoisotopic (exact) mass is 202 g/mol. The van der Waals surface area contributed by atoms with Crippen LogP contribution in [0.3, 0.4) is 0 Å². The average molecular weight is 203 g/mol. The number of hydrogen-bond acceptors (Lipinski definition) is 1. The van der Waals surface area contributed by atoms with E-state index >= 15 is 0 Å². The summed E-state index contributed by atoms with van der Waals surface area (Å²) in [6.45, 7) is 0. The molecule has 0 saturated heterocycles. The van der Waals surface area contributed by atoms with E-state index in [-0.39, 0.29) is 17.6 Å². The molecule has 3 heteroatoms. The van der Waals surface area contributed by atoms with Crippen LogP contribution in [0.5, 0.6) is 0 Å². The van der Waals surface area contributed by atoms with E-state index in [1.807, 2.05) is 24.3 Å². The molecule has 1 nitrogen and oxygen atoms in total. The molecule has 1 saturated carbocycles. The molecule has 0 spiro atoms. The third-order valence-electron chi connectivity index (χ3n) is 2.47. The van der Waals surface area contributed by atoms with Gasteiger partial charge in [-0.15, -0.1) is 0 Å². The first-order valence-electron chi connectivity index (χ1n) is 3.89. The molecule has 2 aliphatic rings. The topological polar surface area (TPSA) is 17.1 Å². The minimum Gasteiger partial charge on any atom is -0.296 e. The van der Waals surface area contributed by atoms with Gasteiger partial charge in [0.2, 0.25) is 0 Å². The van der Waals surface area contributed by atoms with Crippen molar-refractivity contribution in [2.75, 3.05) is 0 Å². The summed E-state index contributed by atoms with van der Waals surface area (Å²) >= 11 is 11.7. The average Bonchev–Trinajstić information content (AvgIpc) is 2.26. The van der Waals surface area contributed by atoms with Crippen LogP contribution in [-0.4, -0.2) is 10.1 Å². The van der Waals surface area contributed by atoms with Gasteiger partial charge in [0, 0.05) is 11.8 Å². The highest BCUT2D eigenvalue weighted by molar-refractivity contribution is 6.61. The zero-order chi connectivity index (χ0) is 8.77. The van der Waals surface area contributed by atoms with Crippen molar-refractivity contribution in [2.45, 2.75) is 10.8 Å². The van der Waals surface area contributed by atoms with Crippen molar-refractivity contribution in [3.8, 4) is 0 Å². The van der Waals surface area contributed by atoms with Gasteiger partial charge in [-0.2, -0.15) is 0 Å². The summed E-state index contributed by atoms with van der Waals surface area (Å²) in [6.07, 6.45) is 8.47. The number of halogens is 2. The normalized spacial score (nSPS) is 37.0. The second-order valence-corrected chi connectivity index (χ2v) is 4.55. The summed E-state index contributed by atoms with van der Waals surface area (Å²) < 4.78 is -1.16. The third kappa shape index (κ3) is 0.964. The Morgan fingerprint density at radius 1 is 1.42 bits per heavy atom. The lowest BCUT2D eigenvalue weighted by Crippen LogP contribution is -2.55. The highest BCUT2D eigenvalue weighted by atomic mass is 35.5. The molecule has 12 heavy (non-hydrogen) atoms. The van der Waals surface area contributed by atoms with Crippen molar-refractivity contribution in [2.24, 2.45) is 11.8 Å². The Morgan fingerprint density at radius 2 is 2.17 bits per heavy atom. The number of fused-ring (bicyclic) bond motifs is 1. The Labute approximate surface area is 81.0 Å². The number of rotatable bonds is 0. The van der Waals surface area contributed by atoms with Crippen molar-refractivity contribution in [3.05, 3.63) is 24.3 Å². The van der Waals surface area contributed by atoms with Crippen LogP contribution in [0.1, 0.15) is 6.42 Å². The number of carbonyl (C=O) groups excluding carboxylic acids is 1. The van der Waals surface area contributed by atoms with Gasteiger partial charge in [0.05, 0.1) is 0 Å². The fourth-order valence-corrected chi connectivity index (χ4v) is 2.46. The van der Waals surface area contributed by atoms with E-state index in [9.17, 15) is 4.79 Å². The van der Waals surface area contributed by atoms with Gasteiger partial charge in [0.25, 0.3) is 0 Å². The second-order valence-electron chi connectivity index (χ2n) is 3.17. The summed E-state index contributed by atoms with van der Waals surface area (Å²) in [5, 5.41) is 0. The molecule has 2 rings (SSSR count). The predicted molar refractivity (Wildman–Crippen MR) is 49.3 cm³/mol. The van der Waals surface area contributed by atoms with Crippen LogP contribution in [0.25, 0.3) is 0 Å². The smallest absolute Gasteiger partial charge is 0.183 e. The molecule has 2 aliphatic carbocycles. The predicted octanol–water partition coefficient (Wildman–Crippen LogP) is 2.49. The summed E-state index contributed by atoms with van der Waals surface area (Å²) in [6, 6.07) is 0. The lowest BCUT2D eigenvalue weighted by Gasteiger charge is -2.43. The Morgan fingerprint density at radius 3 is 2.92 bits per heavy atom. The van der Waals surface area contributed by atoms with Gasteiger partial charge in [-0.25, -0.2) is 0 Å². The van der Waals surface area contributed by atoms with Crippen molar-refractivity contribution in [1.82, 2.24) is 0 Å².